The summed E-state index contributed by atoms with van der Waals surface area (Å²) in [6.07, 6.45) is 2.04. The Bertz CT molecular complexity index is 1510. The number of hydrogen-bond donors (Lipinski definition) is 1. The number of hydrogen-bond acceptors (Lipinski definition) is 5. The number of allylic oxidation sites excluding steroid dienone is 3. The number of nitrogens with zero attached hydrogens (tertiary/aromatic N) is 2. The maximum atomic E-state index is 13.6. The summed E-state index contributed by atoms with van der Waals surface area (Å²) < 4.78 is 0. The predicted octanol–water partition coefficient (Wildman–Crippen LogP) is 7.52. The van der Waals surface area contributed by atoms with E-state index < -0.39 is 5.92 Å². The van der Waals surface area contributed by atoms with Gasteiger partial charge < -0.3 is 5.73 Å². The van der Waals surface area contributed by atoms with Gasteiger partial charge in [0.05, 0.1) is 17.6 Å². The largest absolute Gasteiger partial charge is 0.384 e. The Morgan fingerprint density at radius 1 is 0.947 bits per heavy atom. The second-order valence-corrected chi connectivity index (χ2v) is 11.4. The summed E-state index contributed by atoms with van der Waals surface area (Å²) in [6.45, 7) is 8.34. The van der Waals surface area contributed by atoms with Crippen molar-refractivity contribution < 1.29 is 4.79 Å². The van der Waals surface area contributed by atoms with Crippen LogP contribution in [0.1, 0.15) is 58.6 Å². The molecule has 0 radical (unpaired) electrons. The van der Waals surface area contributed by atoms with Gasteiger partial charge in [0.25, 0.3) is 0 Å². The van der Waals surface area contributed by atoms with E-state index in [9.17, 15) is 10.1 Å². The maximum Gasteiger partial charge on any atom is 0.161 e. The van der Waals surface area contributed by atoms with Crippen molar-refractivity contribution in [3.63, 3.8) is 0 Å². The average Bonchev–Trinajstić information content (AvgIpc) is 2.90. The summed E-state index contributed by atoms with van der Waals surface area (Å²) in [7, 11) is 0. The van der Waals surface area contributed by atoms with Crippen molar-refractivity contribution in [2.45, 2.75) is 63.5 Å². The fourth-order valence-corrected chi connectivity index (χ4v) is 6.55. The molecule has 3 aromatic rings. The standard InChI is InChI=1S/C33H33N3OS/c1-20-8-12-25(13-9-20)36-29-6-5-7-30(37)32(29)31(28(18-34)33(36)35)27-17-22(3)16-24(23(27)4)19-38-26-14-10-21(2)11-15-26/h8-17,31H,5-7,19,35H2,1-4H3. The predicted molar refractivity (Wildman–Crippen MR) is 156 cm³/mol. The molecule has 0 spiro atoms. The Kier molecular flexibility index (Phi) is 7.19. The molecule has 38 heavy (non-hydrogen) atoms. The minimum absolute atomic E-state index is 0.116. The van der Waals surface area contributed by atoms with E-state index in [0.717, 1.165) is 57.8 Å². The smallest absolute Gasteiger partial charge is 0.161 e. The van der Waals surface area contributed by atoms with Gasteiger partial charge in [0.1, 0.15) is 5.82 Å². The molecule has 5 heteroatoms. The first kappa shape index (κ1) is 25.9. The van der Waals surface area contributed by atoms with E-state index in [1.807, 2.05) is 36.1 Å². The minimum atomic E-state index is -0.451. The van der Waals surface area contributed by atoms with Crippen molar-refractivity contribution >= 4 is 23.2 Å². The highest BCUT2D eigenvalue weighted by atomic mass is 32.2. The number of carbonyl (C=O) groups is 1. The quantitative estimate of drug-likeness (QED) is 0.353. The van der Waals surface area contributed by atoms with E-state index in [0.29, 0.717) is 17.8 Å². The number of rotatable bonds is 5. The van der Waals surface area contributed by atoms with Crippen LogP contribution in [0.5, 0.6) is 0 Å². The molecule has 0 fully saturated rings. The molecule has 1 heterocycles. The molecule has 1 atom stereocenters. The monoisotopic (exact) mass is 519 g/mol. The molecular weight excluding hydrogens is 486 g/mol. The van der Waals surface area contributed by atoms with E-state index in [2.05, 4.69) is 63.2 Å². The number of thioether (sulfide) groups is 1. The van der Waals surface area contributed by atoms with Crippen molar-refractivity contribution in [1.29, 1.82) is 5.26 Å². The van der Waals surface area contributed by atoms with Crippen LogP contribution >= 0.6 is 11.8 Å². The number of ketones is 1. The fourth-order valence-electron chi connectivity index (χ4n) is 5.60. The van der Waals surface area contributed by atoms with Crippen LogP contribution in [-0.2, 0) is 10.5 Å². The van der Waals surface area contributed by atoms with Crippen molar-refractivity contribution in [1.82, 2.24) is 0 Å². The van der Waals surface area contributed by atoms with Crippen LogP contribution in [-0.4, -0.2) is 5.78 Å². The topological polar surface area (TPSA) is 70.1 Å². The SMILES string of the molecule is Cc1ccc(SCc2cc(C)cc(C3C(C#N)=C(N)N(c4ccc(C)cc4)C4=C3C(=O)CCC4)c2C)cc1. The van der Waals surface area contributed by atoms with Crippen molar-refractivity contribution in [2.24, 2.45) is 5.73 Å². The van der Waals surface area contributed by atoms with Gasteiger partial charge in [-0.1, -0.05) is 53.1 Å². The zero-order valence-corrected chi connectivity index (χ0v) is 23.3. The molecule has 2 aliphatic rings. The number of aryl methyl sites for hydroxylation is 3. The third-order valence-electron chi connectivity index (χ3n) is 7.63. The molecule has 5 rings (SSSR count). The summed E-state index contributed by atoms with van der Waals surface area (Å²) in [5.41, 5.74) is 16.6. The first-order valence-corrected chi connectivity index (χ1v) is 14.1. The molecule has 192 valence electrons. The zero-order chi connectivity index (χ0) is 27.0. The van der Waals surface area contributed by atoms with Crippen LogP contribution in [0.3, 0.4) is 0 Å². The highest BCUT2D eigenvalue weighted by molar-refractivity contribution is 7.98. The lowest BCUT2D eigenvalue weighted by Gasteiger charge is -2.40. The van der Waals surface area contributed by atoms with Crippen LogP contribution in [0.4, 0.5) is 5.69 Å². The number of Topliss-reactive ketones (excluding diaryl/α,β-unsaturated/α-hetero) is 1. The van der Waals surface area contributed by atoms with Gasteiger partial charge in [0.15, 0.2) is 5.78 Å². The van der Waals surface area contributed by atoms with Gasteiger partial charge in [-0.2, -0.15) is 5.26 Å². The summed E-state index contributed by atoms with van der Waals surface area (Å²) in [6, 6.07) is 23.5. The lowest BCUT2D eigenvalue weighted by atomic mass is 9.73. The number of nitrogens with two attached hydrogens (primary N) is 1. The molecule has 0 bridgehead atoms. The third-order valence-corrected chi connectivity index (χ3v) is 8.69. The average molecular weight is 520 g/mol. The van der Waals surface area contributed by atoms with E-state index in [-0.39, 0.29) is 5.78 Å². The van der Waals surface area contributed by atoms with Crippen LogP contribution in [0.2, 0.25) is 0 Å². The van der Waals surface area contributed by atoms with Gasteiger partial charge in [0, 0.05) is 34.0 Å². The van der Waals surface area contributed by atoms with E-state index in [4.69, 9.17) is 5.73 Å². The summed E-state index contributed by atoms with van der Waals surface area (Å²) in [4.78, 5) is 16.7. The third kappa shape index (κ3) is 4.77. The molecular formula is C33H33N3OS. The molecule has 4 nitrogen and oxygen atoms in total. The van der Waals surface area contributed by atoms with Gasteiger partial charge in [0.2, 0.25) is 0 Å². The summed E-state index contributed by atoms with van der Waals surface area (Å²) in [5.74, 6) is 0.899. The molecule has 0 amide bonds. The van der Waals surface area contributed by atoms with E-state index in [1.165, 1.54) is 16.0 Å². The lowest BCUT2D eigenvalue weighted by molar-refractivity contribution is -0.116. The second kappa shape index (κ2) is 10.6. The van der Waals surface area contributed by atoms with Gasteiger partial charge in [-0.25, -0.2) is 0 Å². The molecule has 0 aromatic heterocycles. The number of anilines is 1. The lowest BCUT2D eigenvalue weighted by Crippen LogP contribution is -2.39. The molecule has 0 saturated heterocycles. The maximum absolute atomic E-state index is 13.6. The Labute approximate surface area is 229 Å². The van der Waals surface area contributed by atoms with Gasteiger partial charge in [-0.3, -0.25) is 9.69 Å². The van der Waals surface area contributed by atoms with Gasteiger partial charge >= 0.3 is 0 Å². The highest BCUT2D eigenvalue weighted by Crippen LogP contribution is 2.47. The van der Waals surface area contributed by atoms with Crippen LogP contribution in [0, 0.1) is 39.0 Å². The highest BCUT2D eigenvalue weighted by Gasteiger charge is 2.41. The normalized spacial score (nSPS) is 17.5. The van der Waals surface area contributed by atoms with Crippen LogP contribution in [0.25, 0.3) is 0 Å². The fraction of sp³-hybridized carbons (Fsp3) is 0.273. The van der Waals surface area contributed by atoms with Crippen molar-refractivity contribution in [3.8, 4) is 6.07 Å². The number of carbonyl (C=O) groups excluding carboxylic acids is 1. The van der Waals surface area contributed by atoms with Gasteiger partial charge in [-0.05, 0) is 81.5 Å². The summed E-state index contributed by atoms with van der Waals surface area (Å²) >= 11 is 1.80. The Hall–Kier alpha value is -3.75. The van der Waals surface area contributed by atoms with Crippen LogP contribution < -0.4 is 10.6 Å². The molecule has 1 unspecified atom stereocenters. The van der Waals surface area contributed by atoms with Gasteiger partial charge in [-0.15, -0.1) is 11.8 Å². The minimum Gasteiger partial charge on any atom is -0.384 e. The van der Waals surface area contributed by atoms with E-state index in [1.54, 1.807) is 11.8 Å². The second-order valence-electron chi connectivity index (χ2n) is 10.4. The molecule has 1 aliphatic carbocycles. The zero-order valence-electron chi connectivity index (χ0n) is 22.5. The Morgan fingerprint density at radius 3 is 2.26 bits per heavy atom. The van der Waals surface area contributed by atoms with Crippen molar-refractivity contribution in [3.05, 3.63) is 117 Å². The van der Waals surface area contributed by atoms with Crippen LogP contribution in [0.15, 0.2) is 88.2 Å². The molecule has 2 N–H and O–H groups in total. The van der Waals surface area contributed by atoms with Crippen molar-refractivity contribution in [2.75, 3.05) is 4.90 Å². The Morgan fingerprint density at radius 2 is 1.61 bits per heavy atom. The Balaban J connectivity index is 1.62. The van der Waals surface area contributed by atoms with E-state index >= 15 is 0 Å². The molecule has 1 aliphatic heterocycles. The first-order valence-electron chi connectivity index (χ1n) is 13.1. The molecule has 3 aromatic carbocycles. The molecule has 0 saturated carbocycles. The summed E-state index contributed by atoms with van der Waals surface area (Å²) in [5, 5.41) is 10.4. The number of benzene rings is 3. The number of nitriles is 1. The first-order chi connectivity index (χ1) is 18.3.